The maximum absolute atomic E-state index is 12.3. The summed E-state index contributed by atoms with van der Waals surface area (Å²) in [6.07, 6.45) is -4.46. The normalized spacial score (nSPS) is 56.0. The molecule has 5 unspecified atom stereocenters. The third-order valence-electron chi connectivity index (χ3n) is 5.29. The number of rotatable bonds is 0. The Kier molecular flexibility index (Phi) is 1.81. The number of carbonyl (C=O) groups excluding carboxylic acids is 3. The van der Waals surface area contributed by atoms with Gasteiger partial charge in [0.2, 0.25) is 0 Å². The van der Waals surface area contributed by atoms with Crippen molar-refractivity contribution in [2.75, 3.05) is 0 Å². The van der Waals surface area contributed by atoms with Crippen LogP contribution in [0.1, 0.15) is 19.8 Å². The van der Waals surface area contributed by atoms with Crippen molar-refractivity contribution in [3.8, 4) is 0 Å². The highest BCUT2D eigenvalue weighted by atomic mass is 16.7. The second-order valence-corrected chi connectivity index (χ2v) is 6.05. The summed E-state index contributed by atoms with van der Waals surface area (Å²) >= 11 is 0. The Balaban J connectivity index is 2.02. The topological polar surface area (TPSA) is 119 Å². The summed E-state index contributed by atoms with van der Waals surface area (Å²) in [5, 5.41) is 21.0. The fourth-order valence-electron chi connectivity index (χ4n) is 4.55. The average molecular weight is 284 g/mol. The first-order chi connectivity index (χ1) is 9.27. The van der Waals surface area contributed by atoms with Gasteiger partial charge in [0, 0.05) is 6.42 Å². The summed E-state index contributed by atoms with van der Waals surface area (Å²) < 4.78 is 15.0. The van der Waals surface area contributed by atoms with Crippen LogP contribution < -0.4 is 0 Å². The van der Waals surface area contributed by atoms with Crippen LogP contribution in [-0.2, 0) is 28.6 Å². The Morgan fingerprint density at radius 1 is 1.20 bits per heavy atom. The fourth-order valence-corrected chi connectivity index (χ4v) is 4.55. The monoisotopic (exact) mass is 284 g/mol. The molecule has 6 atom stereocenters. The first-order valence-electron chi connectivity index (χ1n) is 6.29. The lowest BCUT2D eigenvalue weighted by molar-refractivity contribution is -0.185. The van der Waals surface area contributed by atoms with Gasteiger partial charge in [-0.05, 0) is 6.92 Å². The minimum atomic E-state index is -1.74. The van der Waals surface area contributed by atoms with E-state index in [0.717, 1.165) is 0 Å². The van der Waals surface area contributed by atoms with E-state index in [-0.39, 0.29) is 12.8 Å². The number of ether oxygens (including phenoxy) is 3. The molecule has 0 radical (unpaired) electrons. The SMILES string of the molecule is CC1(O)CC2OC(=O)CC23C(=O)OC2OC(=O)[C@H](O)C213. The highest BCUT2D eigenvalue weighted by Crippen LogP contribution is 2.72. The lowest BCUT2D eigenvalue weighted by atomic mass is 9.58. The lowest BCUT2D eigenvalue weighted by Crippen LogP contribution is -2.59. The van der Waals surface area contributed by atoms with Crippen LogP contribution >= 0.6 is 0 Å². The zero-order valence-electron chi connectivity index (χ0n) is 10.5. The maximum Gasteiger partial charge on any atom is 0.339 e. The third kappa shape index (κ3) is 0.872. The number of aliphatic hydroxyl groups excluding tert-OH is 1. The molecule has 4 aliphatic rings. The van der Waals surface area contributed by atoms with Crippen molar-refractivity contribution < 1.29 is 38.8 Å². The molecule has 1 aliphatic carbocycles. The molecule has 8 nitrogen and oxygen atoms in total. The molecule has 3 heterocycles. The van der Waals surface area contributed by atoms with Crippen molar-refractivity contribution in [3.63, 3.8) is 0 Å². The summed E-state index contributed by atoms with van der Waals surface area (Å²) in [7, 11) is 0. The van der Waals surface area contributed by atoms with Gasteiger partial charge < -0.3 is 24.4 Å². The molecule has 8 heteroatoms. The molecule has 0 aromatic rings. The van der Waals surface area contributed by atoms with Gasteiger partial charge in [-0.15, -0.1) is 0 Å². The van der Waals surface area contributed by atoms with Gasteiger partial charge in [0.25, 0.3) is 6.29 Å². The molecule has 0 amide bonds. The maximum atomic E-state index is 12.3. The Morgan fingerprint density at radius 2 is 1.90 bits per heavy atom. The number of hydrogen-bond donors (Lipinski definition) is 2. The molecule has 1 saturated carbocycles. The van der Waals surface area contributed by atoms with Crippen LogP contribution in [-0.4, -0.2) is 52.2 Å². The zero-order chi connectivity index (χ0) is 14.5. The van der Waals surface area contributed by atoms with Crippen molar-refractivity contribution in [2.24, 2.45) is 10.8 Å². The Labute approximate surface area is 112 Å². The van der Waals surface area contributed by atoms with Gasteiger partial charge in [-0.1, -0.05) is 0 Å². The molecular formula is C12H12O8. The summed E-state index contributed by atoms with van der Waals surface area (Å²) in [4.78, 5) is 35.6. The van der Waals surface area contributed by atoms with Gasteiger partial charge >= 0.3 is 17.9 Å². The van der Waals surface area contributed by atoms with E-state index in [1.165, 1.54) is 6.92 Å². The third-order valence-corrected chi connectivity index (χ3v) is 5.29. The van der Waals surface area contributed by atoms with Gasteiger partial charge in [0.15, 0.2) is 6.10 Å². The Morgan fingerprint density at radius 3 is 2.60 bits per heavy atom. The molecule has 3 saturated heterocycles. The molecule has 2 N–H and O–H groups in total. The summed E-state index contributed by atoms with van der Waals surface area (Å²) in [5.74, 6) is -2.36. The quantitative estimate of drug-likeness (QED) is 0.501. The molecule has 20 heavy (non-hydrogen) atoms. The molecule has 4 rings (SSSR count). The second-order valence-electron chi connectivity index (χ2n) is 6.05. The van der Waals surface area contributed by atoms with E-state index in [4.69, 9.17) is 14.2 Å². The highest BCUT2D eigenvalue weighted by molar-refractivity contribution is 5.94. The van der Waals surface area contributed by atoms with Crippen molar-refractivity contribution in [1.82, 2.24) is 0 Å². The summed E-state index contributed by atoms with van der Waals surface area (Å²) in [6.45, 7) is 1.39. The number of hydrogen-bond acceptors (Lipinski definition) is 8. The highest BCUT2D eigenvalue weighted by Gasteiger charge is 2.90. The van der Waals surface area contributed by atoms with Crippen LogP contribution in [0.15, 0.2) is 0 Å². The van der Waals surface area contributed by atoms with E-state index >= 15 is 0 Å². The molecule has 4 fully saturated rings. The van der Waals surface area contributed by atoms with Crippen LogP contribution in [0.3, 0.4) is 0 Å². The van der Waals surface area contributed by atoms with Crippen molar-refractivity contribution >= 4 is 17.9 Å². The number of esters is 3. The fraction of sp³-hybridized carbons (Fsp3) is 0.750. The van der Waals surface area contributed by atoms with E-state index < -0.39 is 52.8 Å². The number of aliphatic hydroxyl groups is 2. The second kappa shape index (κ2) is 2.99. The Bertz CT molecular complexity index is 568. The molecule has 0 aromatic carbocycles. The first-order valence-corrected chi connectivity index (χ1v) is 6.29. The molecule has 3 aliphatic heterocycles. The molecule has 0 bridgehead atoms. The van der Waals surface area contributed by atoms with Gasteiger partial charge in [-0.25, -0.2) is 4.79 Å². The van der Waals surface area contributed by atoms with Crippen LogP contribution in [0.2, 0.25) is 0 Å². The van der Waals surface area contributed by atoms with Crippen LogP contribution in [0.4, 0.5) is 0 Å². The summed E-state index contributed by atoms with van der Waals surface area (Å²) in [6, 6.07) is 0. The van der Waals surface area contributed by atoms with Gasteiger partial charge in [0.05, 0.1) is 12.0 Å². The molecule has 108 valence electrons. The zero-order valence-corrected chi connectivity index (χ0v) is 10.5. The standard InChI is InChI=1S/C12H12O8/c1-10(17)2-4-11(3-5(13)18-4)8(16)20-9-12(10,11)6(14)7(15)19-9/h4,6,9,14,17H,2-3H2,1H3/t4?,6-,9?,10?,11?,12?/m0/s1. The van der Waals surface area contributed by atoms with Crippen LogP contribution in [0.5, 0.6) is 0 Å². The van der Waals surface area contributed by atoms with Crippen molar-refractivity contribution in [2.45, 2.75) is 43.9 Å². The minimum Gasteiger partial charge on any atom is -0.461 e. The van der Waals surface area contributed by atoms with E-state index in [1.54, 1.807) is 0 Å². The smallest absolute Gasteiger partial charge is 0.339 e. The van der Waals surface area contributed by atoms with Gasteiger partial charge in [-0.2, -0.15) is 0 Å². The molecule has 2 spiro atoms. The van der Waals surface area contributed by atoms with Crippen molar-refractivity contribution in [1.29, 1.82) is 0 Å². The first kappa shape index (κ1) is 12.1. The Hall–Kier alpha value is -1.67. The van der Waals surface area contributed by atoms with Crippen LogP contribution in [0.25, 0.3) is 0 Å². The van der Waals surface area contributed by atoms with Gasteiger partial charge in [-0.3, -0.25) is 9.59 Å². The molecular weight excluding hydrogens is 272 g/mol. The van der Waals surface area contributed by atoms with Gasteiger partial charge in [0.1, 0.15) is 16.9 Å². The molecule has 0 aromatic heterocycles. The predicted octanol–water partition coefficient (Wildman–Crippen LogP) is -1.77. The van der Waals surface area contributed by atoms with Crippen molar-refractivity contribution in [3.05, 3.63) is 0 Å². The average Bonchev–Trinajstić information content (AvgIpc) is 2.90. The van der Waals surface area contributed by atoms with E-state index in [0.29, 0.717) is 0 Å². The van der Waals surface area contributed by atoms with E-state index in [2.05, 4.69) is 0 Å². The lowest BCUT2D eigenvalue weighted by Gasteiger charge is -2.40. The van der Waals surface area contributed by atoms with E-state index in [1.807, 2.05) is 0 Å². The predicted molar refractivity (Wildman–Crippen MR) is 56.6 cm³/mol. The summed E-state index contributed by atoms with van der Waals surface area (Å²) in [5.41, 5.74) is -4.91. The van der Waals surface area contributed by atoms with E-state index in [9.17, 15) is 24.6 Å². The number of carbonyl (C=O) groups is 3. The minimum absolute atomic E-state index is 0.0575. The largest absolute Gasteiger partial charge is 0.461 e. The van der Waals surface area contributed by atoms with Crippen LogP contribution in [0, 0.1) is 10.8 Å².